The van der Waals surface area contributed by atoms with Crippen LogP contribution in [0.15, 0.2) is 41.5 Å². The van der Waals surface area contributed by atoms with Crippen molar-refractivity contribution in [3.05, 3.63) is 41.5 Å². The van der Waals surface area contributed by atoms with E-state index in [1.807, 2.05) is 6.56 Å². The fourth-order valence-electron chi connectivity index (χ4n) is 3.32. The number of hydrogen-bond donors (Lipinski definition) is 0. The molecule has 0 N–H and O–H groups in total. The molecule has 0 aromatic rings. The molecule has 0 saturated heterocycles. The van der Waals surface area contributed by atoms with Gasteiger partial charge in [0.05, 0.1) is 0 Å². The Morgan fingerprint density at radius 3 is 2.05 bits per heavy atom. The Morgan fingerprint density at radius 1 is 1.10 bits per heavy atom. The second-order valence-electron chi connectivity index (χ2n) is 6.20. The van der Waals surface area contributed by atoms with Crippen molar-refractivity contribution in [3.8, 4) is 0 Å². The molecule has 0 aromatic heterocycles. The second-order valence-corrected chi connectivity index (χ2v) is 25.4. The molecular formula is C16H25Cl2SiZr. The van der Waals surface area contributed by atoms with E-state index in [0.717, 1.165) is 5.92 Å². The SMILES string of the molecule is CC1=CC(C)[C]([Zr+2]([C]2=C(C)C=C(C)C2)[SiH](C)C)=C1.[Cl-].[Cl-]. The summed E-state index contributed by atoms with van der Waals surface area (Å²) in [7, 11) is 0. The summed E-state index contributed by atoms with van der Waals surface area (Å²) in [6.45, 7) is 14.5. The van der Waals surface area contributed by atoms with Crippen molar-refractivity contribution < 1.29 is 45.7 Å². The van der Waals surface area contributed by atoms with Crippen molar-refractivity contribution in [1.29, 1.82) is 0 Å². The van der Waals surface area contributed by atoms with E-state index in [1.165, 1.54) is 12.0 Å². The molecule has 20 heavy (non-hydrogen) atoms. The van der Waals surface area contributed by atoms with Crippen molar-refractivity contribution in [2.45, 2.75) is 47.2 Å². The third kappa shape index (κ3) is 4.32. The third-order valence-corrected chi connectivity index (χ3v) is 23.7. The summed E-state index contributed by atoms with van der Waals surface area (Å²) >= 11 is -1.49. The topological polar surface area (TPSA) is 0 Å². The van der Waals surface area contributed by atoms with E-state index in [0.29, 0.717) is 0 Å². The summed E-state index contributed by atoms with van der Waals surface area (Å²) in [6, 6.07) is 0. The molecule has 2 rings (SSSR count). The minimum Gasteiger partial charge on any atom is -1.00 e. The van der Waals surface area contributed by atoms with E-state index in [2.05, 4.69) is 59.0 Å². The van der Waals surface area contributed by atoms with Crippen LogP contribution in [-0.4, -0.2) is 5.92 Å². The number of hydrogen-bond acceptors (Lipinski definition) is 0. The summed E-state index contributed by atoms with van der Waals surface area (Å²) in [6.07, 6.45) is 8.75. The van der Waals surface area contributed by atoms with Gasteiger partial charge < -0.3 is 24.8 Å². The van der Waals surface area contributed by atoms with Gasteiger partial charge in [0.1, 0.15) is 0 Å². The Morgan fingerprint density at radius 2 is 1.70 bits per heavy atom. The van der Waals surface area contributed by atoms with Crippen LogP contribution in [0.5, 0.6) is 0 Å². The van der Waals surface area contributed by atoms with Gasteiger partial charge in [0.25, 0.3) is 0 Å². The van der Waals surface area contributed by atoms with Gasteiger partial charge in [-0.3, -0.25) is 0 Å². The maximum absolute atomic E-state index is 2.59. The van der Waals surface area contributed by atoms with Gasteiger partial charge in [-0.2, -0.15) is 0 Å². The van der Waals surface area contributed by atoms with Crippen LogP contribution in [0.3, 0.4) is 0 Å². The van der Waals surface area contributed by atoms with E-state index >= 15 is 0 Å². The second kappa shape index (κ2) is 8.32. The molecule has 1 unspecified atom stereocenters. The predicted octanol–water partition coefficient (Wildman–Crippen LogP) is -1.30. The molecule has 111 valence electrons. The van der Waals surface area contributed by atoms with Crippen LogP contribution in [0.4, 0.5) is 0 Å². The van der Waals surface area contributed by atoms with Crippen molar-refractivity contribution in [2.75, 3.05) is 0 Å². The molecular weight excluding hydrogens is 382 g/mol. The zero-order valence-electron chi connectivity index (χ0n) is 13.3. The van der Waals surface area contributed by atoms with Gasteiger partial charge in [-0.15, -0.1) is 0 Å². The van der Waals surface area contributed by atoms with Gasteiger partial charge in [0.2, 0.25) is 0 Å². The Balaban J connectivity index is 0.00000180. The molecule has 0 fully saturated rings. The maximum atomic E-state index is 2.59. The summed E-state index contributed by atoms with van der Waals surface area (Å²) in [4.78, 5) is 0. The minimum absolute atomic E-state index is 0. The Bertz CT molecular complexity index is 487. The first kappa shape index (κ1) is 20.6. The van der Waals surface area contributed by atoms with E-state index in [1.54, 1.807) is 11.1 Å². The van der Waals surface area contributed by atoms with Crippen LogP contribution in [0.25, 0.3) is 0 Å². The summed E-state index contributed by atoms with van der Waals surface area (Å²) < 4.78 is 3.80. The van der Waals surface area contributed by atoms with Crippen LogP contribution in [-0.2, 0) is 20.9 Å². The molecule has 0 aliphatic heterocycles. The van der Waals surface area contributed by atoms with Gasteiger partial charge in [0.15, 0.2) is 0 Å². The molecule has 0 heterocycles. The average Bonchev–Trinajstić information content (AvgIpc) is 2.71. The molecule has 0 nitrogen and oxygen atoms in total. The normalized spacial score (nSPS) is 21.1. The van der Waals surface area contributed by atoms with Crippen molar-refractivity contribution in [1.82, 2.24) is 0 Å². The molecule has 0 bridgehead atoms. The number of halogens is 2. The van der Waals surface area contributed by atoms with Crippen molar-refractivity contribution in [3.63, 3.8) is 0 Å². The fourth-order valence-corrected chi connectivity index (χ4v) is 24.3. The average molecular weight is 408 g/mol. The van der Waals surface area contributed by atoms with E-state index in [9.17, 15) is 0 Å². The number of rotatable bonds is 3. The van der Waals surface area contributed by atoms with E-state index in [4.69, 9.17) is 0 Å². The molecule has 2 aliphatic carbocycles. The first-order valence-corrected chi connectivity index (χ1v) is 16.6. The van der Waals surface area contributed by atoms with Crippen LogP contribution in [0, 0.1) is 5.92 Å². The zero-order valence-corrected chi connectivity index (χ0v) is 18.5. The molecule has 2 aliphatic rings. The van der Waals surface area contributed by atoms with Crippen LogP contribution in [0.1, 0.15) is 34.1 Å². The molecule has 0 radical (unpaired) electrons. The molecule has 0 spiro atoms. The van der Waals surface area contributed by atoms with E-state index in [-0.39, 0.29) is 24.8 Å². The van der Waals surface area contributed by atoms with Gasteiger partial charge >= 0.3 is 121 Å². The van der Waals surface area contributed by atoms with Crippen molar-refractivity contribution >= 4 is 5.92 Å². The first-order valence-electron chi connectivity index (χ1n) is 7.04. The first-order chi connectivity index (χ1) is 8.40. The Labute approximate surface area is 145 Å². The predicted molar refractivity (Wildman–Crippen MR) is 81.0 cm³/mol. The van der Waals surface area contributed by atoms with Crippen LogP contribution < -0.4 is 24.8 Å². The zero-order chi connectivity index (χ0) is 13.4. The largest absolute Gasteiger partial charge is 1.00 e. The van der Waals surface area contributed by atoms with Gasteiger partial charge in [-0.25, -0.2) is 0 Å². The smallest absolute Gasteiger partial charge is 1.00 e. The molecule has 0 aromatic carbocycles. The summed E-state index contributed by atoms with van der Waals surface area (Å²) in [5, 5.41) is 0. The summed E-state index contributed by atoms with van der Waals surface area (Å²) in [5.41, 5.74) is 4.72. The quantitative estimate of drug-likeness (QED) is 0.511. The maximum Gasteiger partial charge on any atom is -1.00 e. The van der Waals surface area contributed by atoms with Gasteiger partial charge in [-0.05, 0) is 0 Å². The standard InChI is InChI=1S/2C7H9.C2H7Si.2ClH.Zr/c2*1-6-3-4-7(2)5-6;1-3-2;;;/h5H,3H2,1-2H3;3,5,7H,1-2H3;3H,1-2H3;2*1H;/q;;;;;+2/p-2. The molecule has 4 heteroatoms. The molecule has 0 saturated carbocycles. The van der Waals surface area contributed by atoms with E-state index < -0.39 is 26.8 Å². The Kier molecular flexibility index (Phi) is 8.59. The minimum atomic E-state index is -1.49. The monoisotopic (exact) mass is 405 g/mol. The van der Waals surface area contributed by atoms with Gasteiger partial charge in [0, 0.05) is 0 Å². The molecule has 1 atom stereocenters. The number of allylic oxidation sites excluding steroid dienone is 8. The third-order valence-electron chi connectivity index (χ3n) is 3.99. The summed E-state index contributed by atoms with van der Waals surface area (Å²) in [5.74, 6) is 0.212. The van der Waals surface area contributed by atoms with Crippen LogP contribution >= 0.6 is 0 Å². The molecule has 0 amide bonds. The van der Waals surface area contributed by atoms with Crippen LogP contribution in [0.2, 0.25) is 13.1 Å². The fraction of sp³-hybridized carbons (Fsp3) is 0.500. The van der Waals surface area contributed by atoms with Crippen molar-refractivity contribution in [2.24, 2.45) is 5.92 Å². The van der Waals surface area contributed by atoms with Gasteiger partial charge in [-0.1, -0.05) is 0 Å². The Hall–Kier alpha value is 0.640.